The number of amides is 3. The first-order chi connectivity index (χ1) is 21.7. The maximum Gasteiger partial charge on any atom is 0.573 e. The number of anilines is 2. The number of urea groups is 1. The van der Waals surface area contributed by atoms with Crippen LogP contribution in [0.15, 0.2) is 78.0 Å². The first kappa shape index (κ1) is 32.5. The fourth-order valence-corrected chi connectivity index (χ4v) is 5.08. The number of hydrogen-bond donors (Lipinski definition) is 1. The van der Waals surface area contributed by atoms with Crippen LogP contribution in [0.2, 0.25) is 0 Å². The molecule has 0 saturated carbocycles. The maximum absolute atomic E-state index is 12.8. The Labute approximate surface area is 261 Å². The SMILES string of the molecule is Cc1ccc(COCC(F)(F)F)c(N2C(=O)CSC2=NC(=O)Nc2ccc(-n3cnc(-c4ccc(OC(F)(F)F)cc4)n3)cc2)c1. The van der Waals surface area contributed by atoms with E-state index < -0.39 is 37.7 Å². The molecule has 4 aromatic rings. The van der Waals surface area contributed by atoms with Crippen molar-refractivity contribution in [2.24, 2.45) is 4.99 Å². The molecule has 0 spiro atoms. The monoisotopic (exact) mass is 664 g/mol. The summed E-state index contributed by atoms with van der Waals surface area (Å²) in [4.78, 5) is 35.0. The molecule has 0 aliphatic carbocycles. The molecule has 0 unspecified atom stereocenters. The van der Waals surface area contributed by atoms with Crippen molar-refractivity contribution in [1.29, 1.82) is 0 Å². The zero-order valence-electron chi connectivity index (χ0n) is 23.6. The van der Waals surface area contributed by atoms with Gasteiger partial charge in [0.15, 0.2) is 11.0 Å². The van der Waals surface area contributed by atoms with Gasteiger partial charge in [-0.2, -0.15) is 18.2 Å². The van der Waals surface area contributed by atoms with Crippen molar-refractivity contribution in [1.82, 2.24) is 14.8 Å². The van der Waals surface area contributed by atoms with Gasteiger partial charge >= 0.3 is 18.6 Å². The molecule has 1 N–H and O–H groups in total. The summed E-state index contributed by atoms with van der Waals surface area (Å²) in [5.41, 5.74) is 2.69. The number of aliphatic imine (C=N–C) groups is 1. The summed E-state index contributed by atoms with van der Waals surface area (Å²) < 4.78 is 85.1. The Bertz CT molecular complexity index is 1760. The largest absolute Gasteiger partial charge is 0.573 e. The second kappa shape index (κ2) is 13.2. The highest BCUT2D eigenvalue weighted by molar-refractivity contribution is 8.15. The molecule has 0 bridgehead atoms. The number of ether oxygens (including phenoxy) is 2. The second-order valence-corrected chi connectivity index (χ2v) is 10.7. The third-order valence-corrected chi connectivity index (χ3v) is 7.11. The van der Waals surface area contributed by atoms with Crippen LogP contribution in [0.5, 0.6) is 5.75 Å². The number of nitrogens with zero attached hydrogens (tertiary/aromatic N) is 5. The number of benzene rings is 3. The smallest absolute Gasteiger partial charge is 0.406 e. The van der Waals surface area contributed by atoms with E-state index in [0.717, 1.165) is 29.5 Å². The summed E-state index contributed by atoms with van der Waals surface area (Å²) in [6.45, 7) is -0.119. The summed E-state index contributed by atoms with van der Waals surface area (Å²) >= 11 is 1.01. The van der Waals surface area contributed by atoms with Crippen LogP contribution in [0.3, 0.4) is 0 Å². The summed E-state index contributed by atoms with van der Waals surface area (Å²) in [6.07, 6.45) is -7.91. The topological polar surface area (TPSA) is 111 Å². The highest BCUT2D eigenvalue weighted by atomic mass is 32.2. The molecule has 0 radical (unpaired) electrons. The molecule has 1 aliphatic heterocycles. The van der Waals surface area contributed by atoms with Crippen LogP contribution in [-0.4, -0.2) is 56.8 Å². The van der Waals surface area contributed by atoms with E-state index in [-0.39, 0.29) is 28.2 Å². The van der Waals surface area contributed by atoms with Crippen molar-refractivity contribution in [3.05, 3.63) is 84.2 Å². The average molecular weight is 665 g/mol. The third-order valence-electron chi connectivity index (χ3n) is 6.19. The fraction of sp³-hybridized carbons (Fsp3) is 0.207. The van der Waals surface area contributed by atoms with Crippen molar-refractivity contribution < 1.29 is 45.4 Å². The summed E-state index contributed by atoms with van der Waals surface area (Å²) in [5, 5.41) is 6.98. The van der Waals surface area contributed by atoms with Crippen LogP contribution in [0, 0.1) is 6.92 Å². The fourth-order valence-electron chi connectivity index (χ4n) is 4.22. The number of carbonyl (C=O) groups excluding carboxylic acids is 2. The molecule has 17 heteroatoms. The Kier molecular flexibility index (Phi) is 9.34. The van der Waals surface area contributed by atoms with Crippen molar-refractivity contribution in [3.8, 4) is 22.8 Å². The number of alkyl halides is 6. The molecule has 0 atom stereocenters. The van der Waals surface area contributed by atoms with Crippen LogP contribution in [0.25, 0.3) is 17.1 Å². The quantitative estimate of drug-likeness (QED) is 0.204. The molecule has 1 fully saturated rings. The molecule has 3 amide bonds. The van der Waals surface area contributed by atoms with Crippen LogP contribution in [0.1, 0.15) is 11.1 Å². The van der Waals surface area contributed by atoms with Crippen molar-refractivity contribution in [3.63, 3.8) is 0 Å². The van der Waals surface area contributed by atoms with E-state index in [2.05, 4.69) is 25.1 Å². The van der Waals surface area contributed by atoms with E-state index in [4.69, 9.17) is 4.74 Å². The Balaban J connectivity index is 1.26. The Morgan fingerprint density at radius 3 is 2.41 bits per heavy atom. The van der Waals surface area contributed by atoms with Crippen LogP contribution < -0.4 is 15.0 Å². The molecule has 1 aliphatic rings. The molecule has 1 saturated heterocycles. The van der Waals surface area contributed by atoms with E-state index in [0.29, 0.717) is 22.5 Å². The highest BCUT2D eigenvalue weighted by Crippen LogP contribution is 2.32. The maximum atomic E-state index is 12.8. The molecular formula is C29H22F6N6O4S. The molecular weight excluding hydrogens is 642 g/mol. The molecule has 3 aromatic carbocycles. The number of thioether (sulfide) groups is 1. The first-order valence-electron chi connectivity index (χ1n) is 13.2. The van der Waals surface area contributed by atoms with Gasteiger partial charge in [-0.1, -0.05) is 23.9 Å². The van der Waals surface area contributed by atoms with E-state index in [1.54, 1.807) is 49.4 Å². The minimum atomic E-state index is -4.80. The lowest BCUT2D eigenvalue weighted by atomic mass is 10.1. The molecule has 2 heterocycles. The number of amidine groups is 1. The van der Waals surface area contributed by atoms with Gasteiger partial charge in [0.05, 0.1) is 23.7 Å². The number of aromatic nitrogens is 3. The number of aryl methyl sites for hydroxylation is 1. The highest BCUT2D eigenvalue weighted by Gasteiger charge is 2.33. The van der Waals surface area contributed by atoms with Gasteiger partial charge in [-0.25, -0.2) is 14.5 Å². The van der Waals surface area contributed by atoms with Crippen molar-refractivity contribution in [2.45, 2.75) is 26.1 Å². The Hall–Kier alpha value is -4.90. The minimum absolute atomic E-state index is 0.0248. The number of halogens is 6. The predicted molar refractivity (Wildman–Crippen MR) is 157 cm³/mol. The molecule has 240 valence electrons. The number of nitrogens with one attached hydrogen (secondary N) is 1. The Morgan fingerprint density at radius 2 is 1.74 bits per heavy atom. The van der Waals surface area contributed by atoms with Crippen molar-refractivity contribution >= 4 is 40.2 Å². The zero-order chi connectivity index (χ0) is 33.1. The van der Waals surface area contributed by atoms with Crippen molar-refractivity contribution in [2.75, 3.05) is 22.6 Å². The third kappa shape index (κ3) is 8.42. The number of hydrogen-bond acceptors (Lipinski definition) is 7. The average Bonchev–Trinajstić information content (AvgIpc) is 3.60. The van der Waals surface area contributed by atoms with Crippen LogP contribution in [-0.2, 0) is 16.1 Å². The second-order valence-electron chi connectivity index (χ2n) is 9.71. The van der Waals surface area contributed by atoms with Gasteiger partial charge in [-0.15, -0.1) is 18.3 Å². The normalized spacial score (nSPS) is 14.6. The number of carbonyl (C=O) groups is 2. The van der Waals surface area contributed by atoms with Gasteiger partial charge in [-0.3, -0.25) is 9.69 Å². The molecule has 5 rings (SSSR count). The van der Waals surface area contributed by atoms with E-state index in [1.165, 1.54) is 28.0 Å². The predicted octanol–water partition coefficient (Wildman–Crippen LogP) is 6.89. The first-order valence-corrected chi connectivity index (χ1v) is 14.2. The summed E-state index contributed by atoms with van der Waals surface area (Å²) in [7, 11) is 0. The lowest BCUT2D eigenvalue weighted by Crippen LogP contribution is -2.31. The van der Waals surface area contributed by atoms with Gasteiger partial charge in [0, 0.05) is 16.8 Å². The van der Waals surface area contributed by atoms with Gasteiger partial charge in [-0.05, 0) is 67.1 Å². The standard InChI is InChI=1S/C29H22F6N6O4S/c1-17-2-3-19(13-44-15-28(30,31)32)23(12-17)41-24(42)14-46-27(41)38-26(43)37-20-6-8-21(9-7-20)40-16-36-25(39-40)18-4-10-22(11-5-18)45-29(33,34)35/h2-12,16H,13-15H2,1H3,(H,37,43). The molecule has 46 heavy (non-hydrogen) atoms. The van der Waals surface area contributed by atoms with Gasteiger partial charge in [0.2, 0.25) is 5.91 Å². The minimum Gasteiger partial charge on any atom is -0.406 e. The van der Waals surface area contributed by atoms with Gasteiger partial charge in [0.1, 0.15) is 18.7 Å². The Morgan fingerprint density at radius 1 is 1.02 bits per heavy atom. The van der Waals surface area contributed by atoms with E-state index >= 15 is 0 Å². The molecule has 1 aromatic heterocycles. The summed E-state index contributed by atoms with van der Waals surface area (Å²) in [6, 6.07) is 15.5. The van der Waals surface area contributed by atoms with Crippen LogP contribution in [0.4, 0.5) is 42.5 Å². The lowest BCUT2D eigenvalue weighted by molar-refractivity contribution is -0.274. The van der Waals surface area contributed by atoms with Crippen LogP contribution >= 0.6 is 11.8 Å². The zero-order valence-corrected chi connectivity index (χ0v) is 24.4. The van der Waals surface area contributed by atoms with E-state index in [1.807, 2.05) is 0 Å². The molecule has 10 nitrogen and oxygen atoms in total. The van der Waals surface area contributed by atoms with Gasteiger partial charge < -0.3 is 14.8 Å². The lowest BCUT2D eigenvalue weighted by Gasteiger charge is -2.20. The number of rotatable bonds is 8. The summed E-state index contributed by atoms with van der Waals surface area (Å²) in [5.74, 6) is -0.549. The van der Waals surface area contributed by atoms with E-state index in [9.17, 15) is 35.9 Å². The van der Waals surface area contributed by atoms with Gasteiger partial charge in [0.25, 0.3) is 0 Å².